The molecule has 6 nitrogen and oxygen atoms in total. The molecule has 1 saturated carbocycles. The SMILES string of the molecule is CN(C)C(=O)CCC1[N-]CCc2nccc(OC3CC4(CNC4)C3)c21.[K+]. The number of amides is 1. The largest absolute Gasteiger partial charge is 1.00 e. The van der Waals surface area contributed by atoms with Gasteiger partial charge in [0.25, 0.3) is 0 Å². The van der Waals surface area contributed by atoms with Crippen molar-refractivity contribution in [2.75, 3.05) is 33.7 Å². The summed E-state index contributed by atoms with van der Waals surface area (Å²) in [6, 6.07) is 2.00. The second kappa shape index (κ2) is 8.55. The van der Waals surface area contributed by atoms with Crippen LogP contribution in [-0.2, 0) is 11.2 Å². The predicted molar refractivity (Wildman–Crippen MR) is 95.8 cm³/mol. The van der Waals surface area contributed by atoms with Crippen LogP contribution < -0.4 is 61.4 Å². The molecule has 26 heavy (non-hydrogen) atoms. The molecule has 1 spiro atoms. The van der Waals surface area contributed by atoms with Gasteiger partial charge in [0.05, 0.1) is 6.10 Å². The summed E-state index contributed by atoms with van der Waals surface area (Å²) in [5, 5.41) is 8.13. The van der Waals surface area contributed by atoms with Crippen LogP contribution >= 0.6 is 0 Å². The Kier molecular flexibility index (Phi) is 6.81. The van der Waals surface area contributed by atoms with E-state index in [-0.39, 0.29) is 63.3 Å². The molecule has 1 aliphatic carbocycles. The van der Waals surface area contributed by atoms with Crippen molar-refractivity contribution < 1.29 is 60.9 Å². The van der Waals surface area contributed by atoms with Crippen LogP contribution in [0.4, 0.5) is 0 Å². The molecule has 0 bridgehead atoms. The van der Waals surface area contributed by atoms with Crippen molar-refractivity contribution >= 4 is 5.91 Å². The summed E-state index contributed by atoms with van der Waals surface area (Å²) >= 11 is 0. The van der Waals surface area contributed by atoms with Gasteiger partial charge in [0.15, 0.2) is 0 Å². The summed E-state index contributed by atoms with van der Waals surface area (Å²) in [4.78, 5) is 18.2. The van der Waals surface area contributed by atoms with Gasteiger partial charge in [-0.3, -0.25) is 9.78 Å². The van der Waals surface area contributed by atoms with Gasteiger partial charge in [-0.1, -0.05) is 6.42 Å². The number of rotatable bonds is 5. The van der Waals surface area contributed by atoms with Crippen molar-refractivity contribution in [1.82, 2.24) is 15.2 Å². The molecule has 3 heterocycles. The van der Waals surface area contributed by atoms with E-state index in [2.05, 4.69) is 10.3 Å². The quantitative estimate of drug-likeness (QED) is 0.667. The zero-order chi connectivity index (χ0) is 17.4. The predicted octanol–water partition coefficient (Wildman–Crippen LogP) is -0.944. The van der Waals surface area contributed by atoms with E-state index in [4.69, 9.17) is 10.1 Å². The molecular weight excluding hydrogens is 355 g/mol. The molecule has 0 radical (unpaired) electrons. The summed E-state index contributed by atoms with van der Waals surface area (Å²) in [6.07, 6.45) is 6.53. The number of hydrogen-bond donors (Lipinski definition) is 1. The van der Waals surface area contributed by atoms with Crippen molar-refractivity contribution in [1.29, 1.82) is 0 Å². The van der Waals surface area contributed by atoms with Crippen molar-refractivity contribution in [3.05, 3.63) is 28.8 Å². The number of aromatic nitrogens is 1. The monoisotopic (exact) mass is 382 g/mol. The third-order valence-corrected chi connectivity index (χ3v) is 5.81. The first-order valence-electron chi connectivity index (χ1n) is 9.28. The van der Waals surface area contributed by atoms with Gasteiger partial charge in [-0.15, -0.1) is 12.6 Å². The number of carbonyl (C=O) groups excluding carboxylic acids is 1. The Morgan fingerprint density at radius 3 is 2.85 bits per heavy atom. The zero-order valence-electron chi connectivity index (χ0n) is 16.1. The van der Waals surface area contributed by atoms with Gasteiger partial charge in [-0.2, -0.15) is 0 Å². The number of hydrogen-bond acceptors (Lipinski definition) is 4. The minimum atomic E-state index is 0. The maximum absolute atomic E-state index is 12.0. The summed E-state index contributed by atoms with van der Waals surface area (Å²) in [6.45, 7) is 3.04. The van der Waals surface area contributed by atoms with Gasteiger partial charge in [-0.25, -0.2) is 0 Å². The topological polar surface area (TPSA) is 68.6 Å². The van der Waals surface area contributed by atoms with Crippen LogP contribution in [0, 0.1) is 5.41 Å². The van der Waals surface area contributed by atoms with E-state index in [0.717, 1.165) is 62.3 Å². The van der Waals surface area contributed by atoms with Crippen LogP contribution in [0.1, 0.15) is 43.0 Å². The third kappa shape index (κ3) is 4.19. The van der Waals surface area contributed by atoms with Crippen molar-refractivity contribution in [2.24, 2.45) is 5.41 Å². The van der Waals surface area contributed by atoms with E-state index >= 15 is 0 Å². The number of ether oxygens (including phenoxy) is 1. The molecule has 136 valence electrons. The Morgan fingerprint density at radius 2 is 2.19 bits per heavy atom. The molecule has 1 saturated heterocycles. The normalized spacial score (nSPS) is 23.2. The third-order valence-electron chi connectivity index (χ3n) is 5.81. The Labute approximate surface area is 198 Å². The molecule has 1 aromatic heterocycles. The summed E-state index contributed by atoms with van der Waals surface area (Å²) in [7, 11) is 3.60. The van der Waals surface area contributed by atoms with E-state index in [0.29, 0.717) is 17.9 Å². The fraction of sp³-hybridized carbons (Fsp3) is 0.684. The van der Waals surface area contributed by atoms with Crippen LogP contribution in [0.15, 0.2) is 12.3 Å². The molecule has 3 aliphatic rings. The maximum Gasteiger partial charge on any atom is 1.00 e. The van der Waals surface area contributed by atoms with E-state index in [1.165, 1.54) is 0 Å². The minimum Gasteiger partial charge on any atom is -0.655 e. The maximum atomic E-state index is 12.0. The van der Waals surface area contributed by atoms with Gasteiger partial charge in [0.2, 0.25) is 5.91 Å². The Hall–Kier alpha value is -0.0236. The Bertz CT molecular complexity index is 655. The number of carbonyl (C=O) groups is 1. The molecule has 1 unspecified atom stereocenters. The first-order chi connectivity index (χ1) is 12.1. The fourth-order valence-corrected chi connectivity index (χ4v) is 4.23. The molecule has 1 amide bonds. The van der Waals surface area contributed by atoms with Crippen LogP contribution in [-0.4, -0.2) is 55.6 Å². The average molecular weight is 383 g/mol. The van der Waals surface area contributed by atoms with Crippen LogP contribution in [0.2, 0.25) is 0 Å². The number of fused-ring (bicyclic) bond motifs is 1. The van der Waals surface area contributed by atoms with E-state index in [9.17, 15) is 4.79 Å². The number of nitrogens with zero attached hydrogens (tertiary/aromatic N) is 3. The molecule has 0 aromatic carbocycles. The van der Waals surface area contributed by atoms with Crippen molar-refractivity contribution in [3.63, 3.8) is 0 Å². The molecule has 1 aromatic rings. The number of pyridine rings is 1. The summed E-state index contributed by atoms with van der Waals surface area (Å²) in [5.74, 6) is 1.08. The number of nitrogens with one attached hydrogen (secondary N) is 1. The summed E-state index contributed by atoms with van der Waals surface area (Å²) < 4.78 is 6.34. The smallest absolute Gasteiger partial charge is 0.655 e. The van der Waals surface area contributed by atoms with Gasteiger partial charge in [0, 0.05) is 50.9 Å². The van der Waals surface area contributed by atoms with Crippen molar-refractivity contribution in [3.8, 4) is 5.75 Å². The first-order valence-corrected chi connectivity index (χ1v) is 9.28. The zero-order valence-corrected chi connectivity index (χ0v) is 19.2. The van der Waals surface area contributed by atoms with Gasteiger partial charge < -0.3 is 20.3 Å². The molecule has 1 N–H and O–H groups in total. The summed E-state index contributed by atoms with van der Waals surface area (Å²) in [5.41, 5.74) is 2.71. The van der Waals surface area contributed by atoms with Gasteiger partial charge >= 0.3 is 51.4 Å². The van der Waals surface area contributed by atoms with Crippen LogP contribution in [0.3, 0.4) is 0 Å². The minimum absolute atomic E-state index is 0. The average Bonchev–Trinajstić information content (AvgIpc) is 2.53. The fourth-order valence-electron chi connectivity index (χ4n) is 4.23. The van der Waals surface area contributed by atoms with E-state index in [1.54, 1.807) is 19.0 Å². The van der Waals surface area contributed by atoms with Gasteiger partial charge in [0.1, 0.15) is 5.75 Å². The molecule has 4 rings (SSSR count). The molecule has 2 fully saturated rings. The second-order valence-electron chi connectivity index (χ2n) is 7.92. The molecule has 1 atom stereocenters. The van der Waals surface area contributed by atoms with Crippen LogP contribution in [0.25, 0.3) is 5.32 Å². The standard InChI is InChI=1S/C19H27N4O2.K/c1-23(2)17(24)4-3-14-18-15(5-7-21-14)22-8-6-16(18)25-13-9-19(10-13)11-20-12-19;/h6,8,13-14,20H,3-5,7,9-12H2,1-2H3;/q-1;+1. The molecule has 2 aliphatic heterocycles. The molecular formula is C19H27KN4O2. The van der Waals surface area contributed by atoms with Crippen molar-refractivity contribution in [2.45, 2.75) is 44.2 Å². The van der Waals surface area contributed by atoms with E-state index < -0.39 is 0 Å². The molecule has 7 heteroatoms. The van der Waals surface area contributed by atoms with Gasteiger partial charge in [-0.05, 0) is 30.9 Å². The Morgan fingerprint density at radius 1 is 1.42 bits per heavy atom. The first kappa shape index (κ1) is 20.7. The Balaban J connectivity index is 0.00000196. The van der Waals surface area contributed by atoms with Crippen LogP contribution in [0.5, 0.6) is 5.75 Å². The van der Waals surface area contributed by atoms with E-state index in [1.807, 2.05) is 12.3 Å². The second-order valence-corrected chi connectivity index (χ2v) is 7.92.